The molecule has 0 spiro atoms. The molecule has 0 aliphatic carbocycles. The molecule has 4 nitrogen and oxygen atoms in total. The molecule has 0 saturated carbocycles. The molecule has 2 rings (SSSR count). The molecule has 0 aliphatic rings. The number of aliphatic hydroxyl groups is 1. The summed E-state index contributed by atoms with van der Waals surface area (Å²) in [5, 5.41) is 13.1. The van der Waals surface area contributed by atoms with Gasteiger partial charge in [0, 0.05) is 12.3 Å². The van der Waals surface area contributed by atoms with Gasteiger partial charge in [0.25, 0.3) is 0 Å². The quantitative estimate of drug-likeness (QED) is 0.702. The molecule has 140 valence electrons. The van der Waals surface area contributed by atoms with Gasteiger partial charge >= 0.3 is 0 Å². The van der Waals surface area contributed by atoms with Crippen molar-refractivity contribution in [2.75, 3.05) is 12.9 Å². The minimum absolute atomic E-state index is 0.001000. The maximum atomic E-state index is 12.6. The van der Waals surface area contributed by atoms with Crippen molar-refractivity contribution >= 4 is 17.7 Å². The summed E-state index contributed by atoms with van der Waals surface area (Å²) in [7, 11) is 1.63. The number of nitrogens with one attached hydrogen (secondary N) is 1. The Bertz CT molecular complexity index is 673. The van der Waals surface area contributed by atoms with E-state index in [4.69, 9.17) is 4.74 Å². The normalized spacial score (nSPS) is 13.3. The summed E-state index contributed by atoms with van der Waals surface area (Å²) >= 11 is 1.50. The molecule has 0 aromatic heterocycles. The molecule has 1 amide bonds. The predicted molar refractivity (Wildman–Crippen MR) is 107 cm³/mol. The highest BCUT2D eigenvalue weighted by Crippen LogP contribution is 2.25. The van der Waals surface area contributed by atoms with Gasteiger partial charge in [-0.1, -0.05) is 56.3 Å². The van der Waals surface area contributed by atoms with E-state index in [2.05, 4.69) is 5.32 Å². The maximum absolute atomic E-state index is 12.6. The summed E-state index contributed by atoms with van der Waals surface area (Å²) in [5.74, 6) is 1.47. The highest BCUT2D eigenvalue weighted by molar-refractivity contribution is 8.00. The van der Waals surface area contributed by atoms with E-state index in [0.717, 1.165) is 16.9 Å². The van der Waals surface area contributed by atoms with Gasteiger partial charge < -0.3 is 15.2 Å². The molecule has 2 unspecified atom stereocenters. The number of carbonyl (C=O) groups excluding carboxylic acids is 1. The Morgan fingerprint density at radius 1 is 1.12 bits per heavy atom. The smallest absolute Gasteiger partial charge is 0.233 e. The van der Waals surface area contributed by atoms with E-state index < -0.39 is 6.10 Å². The Morgan fingerprint density at radius 2 is 1.77 bits per heavy atom. The monoisotopic (exact) mass is 373 g/mol. The van der Waals surface area contributed by atoms with E-state index in [1.165, 1.54) is 11.8 Å². The second-order valence-electron chi connectivity index (χ2n) is 6.49. The lowest BCUT2D eigenvalue weighted by atomic mass is 10.1. The molecule has 0 fully saturated rings. The van der Waals surface area contributed by atoms with Crippen molar-refractivity contribution in [3.8, 4) is 5.75 Å². The highest BCUT2D eigenvalue weighted by atomic mass is 32.2. The van der Waals surface area contributed by atoms with Gasteiger partial charge in [0.1, 0.15) is 5.75 Å². The van der Waals surface area contributed by atoms with Crippen molar-refractivity contribution < 1.29 is 14.6 Å². The van der Waals surface area contributed by atoms with Gasteiger partial charge in [0.2, 0.25) is 5.91 Å². The van der Waals surface area contributed by atoms with Crippen LogP contribution >= 0.6 is 11.8 Å². The number of thioether (sulfide) groups is 1. The van der Waals surface area contributed by atoms with E-state index in [0.29, 0.717) is 12.3 Å². The van der Waals surface area contributed by atoms with Crippen LogP contribution in [-0.2, 0) is 11.3 Å². The fourth-order valence-corrected chi connectivity index (χ4v) is 3.77. The second kappa shape index (κ2) is 10.2. The van der Waals surface area contributed by atoms with Crippen molar-refractivity contribution in [2.45, 2.75) is 31.7 Å². The van der Waals surface area contributed by atoms with Crippen LogP contribution in [0.5, 0.6) is 5.75 Å². The summed E-state index contributed by atoms with van der Waals surface area (Å²) < 4.78 is 5.14. The lowest BCUT2D eigenvalue weighted by Gasteiger charge is -2.21. The number of amides is 1. The molecule has 0 radical (unpaired) electrons. The first-order valence-corrected chi connectivity index (χ1v) is 9.81. The predicted octanol–water partition coefficient (Wildman–Crippen LogP) is 3.80. The maximum Gasteiger partial charge on any atom is 0.233 e. The zero-order valence-corrected chi connectivity index (χ0v) is 16.3. The molecule has 2 aromatic rings. The van der Waals surface area contributed by atoms with Crippen LogP contribution < -0.4 is 10.1 Å². The Kier molecular flexibility index (Phi) is 8.01. The van der Waals surface area contributed by atoms with Gasteiger partial charge in [-0.3, -0.25) is 4.79 Å². The minimum atomic E-state index is -0.572. The largest absolute Gasteiger partial charge is 0.497 e. The molecule has 2 aromatic carbocycles. The topological polar surface area (TPSA) is 58.6 Å². The zero-order chi connectivity index (χ0) is 18.9. The van der Waals surface area contributed by atoms with E-state index >= 15 is 0 Å². The third-order valence-corrected chi connectivity index (χ3v) is 5.73. The van der Waals surface area contributed by atoms with Gasteiger partial charge in [-0.2, -0.15) is 0 Å². The molecule has 26 heavy (non-hydrogen) atoms. The first-order valence-electron chi connectivity index (χ1n) is 8.76. The first kappa shape index (κ1) is 20.3. The number of ether oxygens (including phenoxy) is 1. The van der Waals surface area contributed by atoms with Crippen LogP contribution in [0.2, 0.25) is 0 Å². The summed E-state index contributed by atoms with van der Waals surface area (Å²) in [6.45, 7) is 4.53. The van der Waals surface area contributed by atoms with Crippen LogP contribution in [0, 0.1) is 5.92 Å². The molecule has 2 atom stereocenters. The molecule has 5 heteroatoms. The molecule has 0 saturated heterocycles. The molecular formula is C21H27NO3S. The van der Waals surface area contributed by atoms with Crippen molar-refractivity contribution in [3.05, 3.63) is 65.7 Å². The second-order valence-corrected chi connectivity index (χ2v) is 7.66. The van der Waals surface area contributed by atoms with Crippen molar-refractivity contribution in [3.63, 3.8) is 0 Å². The number of benzene rings is 2. The van der Waals surface area contributed by atoms with Gasteiger partial charge in [-0.25, -0.2) is 0 Å². The van der Waals surface area contributed by atoms with E-state index in [1.54, 1.807) is 7.11 Å². The number of methoxy groups -OCH3 is 1. The third kappa shape index (κ3) is 6.07. The average Bonchev–Trinajstić information content (AvgIpc) is 2.67. The van der Waals surface area contributed by atoms with Crippen LogP contribution in [0.3, 0.4) is 0 Å². The number of hydrogen-bond donors (Lipinski definition) is 2. The van der Waals surface area contributed by atoms with Crippen LogP contribution in [0.25, 0.3) is 0 Å². The molecule has 0 aliphatic heterocycles. The lowest BCUT2D eigenvalue weighted by molar-refractivity contribution is -0.121. The molecule has 2 N–H and O–H groups in total. The Labute approximate surface area is 160 Å². The van der Waals surface area contributed by atoms with Gasteiger partial charge in [-0.05, 0) is 29.2 Å². The van der Waals surface area contributed by atoms with Crippen molar-refractivity contribution in [1.82, 2.24) is 5.32 Å². The number of aliphatic hydroxyl groups excluding tert-OH is 1. The van der Waals surface area contributed by atoms with Crippen LogP contribution in [0.15, 0.2) is 54.6 Å². The first-order chi connectivity index (χ1) is 12.5. The van der Waals surface area contributed by atoms with Crippen LogP contribution in [-0.4, -0.2) is 29.1 Å². The molecule has 0 bridgehead atoms. The van der Waals surface area contributed by atoms with E-state index in [1.807, 2.05) is 68.4 Å². The Balaban J connectivity index is 1.88. The average molecular weight is 374 g/mol. The third-order valence-electron chi connectivity index (χ3n) is 4.11. The van der Waals surface area contributed by atoms with Crippen molar-refractivity contribution in [1.29, 1.82) is 0 Å². The fourth-order valence-electron chi connectivity index (χ4n) is 2.57. The molecule has 0 heterocycles. The summed E-state index contributed by atoms with van der Waals surface area (Å²) in [6.07, 6.45) is -0.572. The Hall–Kier alpha value is -1.98. The summed E-state index contributed by atoms with van der Waals surface area (Å²) in [6, 6.07) is 17.2. The number of hydrogen-bond acceptors (Lipinski definition) is 4. The van der Waals surface area contributed by atoms with Crippen molar-refractivity contribution in [2.24, 2.45) is 5.92 Å². The number of carbonyl (C=O) groups is 1. The summed E-state index contributed by atoms with van der Waals surface area (Å²) in [4.78, 5) is 12.6. The summed E-state index contributed by atoms with van der Waals surface area (Å²) in [5.41, 5.74) is 1.90. The Morgan fingerprint density at radius 3 is 2.35 bits per heavy atom. The zero-order valence-electron chi connectivity index (χ0n) is 15.5. The van der Waals surface area contributed by atoms with E-state index in [9.17, 15) is 9.90 Å². The van der Waals surface area contributed by atoms with Gasteiger partial charge in [-0.15, -0.1) is 11.8 Å². The molecular weight excluding hydrogens is 346 g/mol. The standard InChI is InChI=1S/C21H27NO3S/c1-15(2)20(26-14-19(23)17-7-5-4-6-8-17)21(24)22-13-16-9-11-18(25-3)12-10-16/h4-12,15,19-20,23H,13-14H2,1-3H3,(H,22,24). The highest BCUT2D eigenvalue weighted by Gasteiger charge is 2.24. The van der Waals surface area contributed by atoms with E-state index in [-0.39, 0.29) is 17.1 Å². The fraction of sp³-hybridized carbons (Fsp3) is 0.381. The van der Waals surface area contributed by atoms with Gasteiger partial charge in [0.15, 0.2) is 0 Å². The number of rotatable bonds is 9. The minimum Gasteiger partial charge on any atom is -0.497 e. The lowest BCUT2D eigenvalue weighted by Crippen LogP contribution is -2.36. The van der Waals surface area contributed by atoms with Crippen LogP contribution in [0.4, 0.5) is 0 Å². The SMILES string of the molecule is COc1ccc(CNC(=O)C(SCC(O)c2ccccc2)C(C)C)cc1. The van der Waals surface area contributed by atoms with Crippen LogP contribution in [0.1, 0.15) is 31.1 Å². The van der Waals surface area contributed by atoms with Gasteiger partial charge in [0.05, 0.1) is 18.5 Å².